The minimum absolute atomic E-state index is 0.110. The molecule has 6 nitrogen and oxygen atoms in total. The Bertz CT molecular complexity index is 669. The maximum absolute atomic E-state index is 12.3. The first kappa shape index (κ1) is 13.5. The number of nitrogens with zero attached hydrogens (tertiary/aromatic N) is 3. The van der Waals surface area contributed by atoms with Crippen LogP contribution in [0.2, 0.25) is 0 Å². The molecular weight excluding hydrogens is 280 g/mol. The second kappa shape index (κ2) is 5.21. The van der Waals surface area contributed by atoms with E-state index in [1.807, 2.05) is 16.8 Å². The van der Waals surface area contributed by atoms with Crippen LogP contribution >= 0.6 is 0 Å². The quantitative estimate of drug-likeness (QED) is 0.934. The van der Waals surface area contributed by atoms with Crippen LogP contribution in [0.15, 0.2) is 37.1 Å². The van der Waals surface area contributed by atoms with Gasteiger partial charge in [-0.1, -0.05) is 0 Å². The van der Waals surface area contributed by atoms with Gasteiger partial charge in [0.2, 0.25) is 0 Å². The number of carbonyl (C=O) groups excluding carboxylic acids is 1. The number of pyridine rings is 1. The predicted molar refractivity (Wildman–Crippen MR) is 79.7 cm³/mol. The standard InChI is InChI=1S/C16H18N4O2/c21-15(19-12-8-16(9-12)2-6-22-10-16)14-7-13(1-3-18-14)20-5-4-17-11-20/h1,3-5,7,11-12H,2,6,8-10H2,(H,19,21). The van der Waals surface area contributed by atoms with Crippen molar-refractivity contribution in [3.63, 3.8) is 0 Å². The molecule has 0 aromatic carbocycles. The highest BCUT2D eigenvalue weighted by Crippen LogP contribution is 2.47. The molecule has 0 atom stereocenters. The molecule has 1 saturated carbocycles. The van der Waals surface area contributed by atoms with Crippen molar-refractivity contribution in [2.45, 2.75) is 25.3 Å². The van der Waals surface area contributed by atoms with E-state index in [2.05, 4.69) is 15.3 Å². The van der Waals surface area contributed by atoms with Crippen LogP contribution in [0.4, 0.5) is 0 Å². The monoisotopic (exact) mass is 298 g/mol. The molecule has 1 saturated heterocycles. The van der Waals surface area contributed by atoms with Crippen LogP contribution in [0.25, 0.3) is 5.69 Å². The molecule has 2 aromatic heterocycles. The first-order chi connectivity index (χ1) is 10.7. The molecular formula is C16H18N4O2. The molecule has 1 N–H and O–H groups in total. The molecule has 1 amide bonds. The topological polar surface area (TPSA) is 69.0 Å². The maximum Gasteiger partial charge on any atom is 0.270 e. The average Bonchev–Trinajstić information content (AvgIpc) is 3.18. The Morgan fingerprint density at radius 2 is 2.32 bits per heavy atom. The van der Waals surface area contributed by atoms with Crippen molar-refractivity contribution in [2.24, 2.45) is 5.41 Å². The largest absolute Gasteiger partial charge is 0.381 e. The van der Waals surface area contributed by atoms with E-state index in [-0.39, 0.29) is 11.9 Å². The van der Waals surface area contributed by atoms with Crippen LogP contribution in [0.5, 0.6) is 0 Å². The van der Waals surface area contributed by atoms with Gasteiger partial charge in [0.1, 0.15) is 5.69 Å². The van der Waals surface area contributed by atoms with Crippen molar-refractivity contribution in [2.75, 3.05) is 13.2 Å². The highest BCUT2D eigenvalue weighted by molar-refractivity contribution is 5.93. The molecule has 114 valence electrons. The van der Waals surface area contributed by atoms with Crippen molar-refractivity contribution in [1.82, 2.24) is 19.9 Å². The van der Waals surface area contributed by atoms with Gasteiger partial charge in [0.25, 0.3) is 5.91 Å². The number of nitrogens with one attached hydrogen (secondary N) is 1. The summed E-state index contributed by atoms with van der Waals surface area (Å²) in [6.45, 7) is 1.70. The maximum atomic E-state index is 12.3. The number of hydrogen-bond donors (Lipinski definition) is 1. The fraction of sp³-hybridized carbons (Fsp3) is 0.438. The Morgan fingerprint density at radius 1 is 1.41 bits per heavy atom. The molecule has 2 fully saturated rings. The third-order valence-corrected chi connectivity index (χ3v) is 4.66. The summed E-state index contributed by atoms with van der Waals surface area (Å²) >= 11 is 0. The van der Waals surface area contributed by atoms with Crippen molar-refractivity contribution >= 4 is 5.91 Å². The Morgan fingerprint density at radius 3 is 3.05 bits per heavy atom. The normalized spacial score (nSPS) is 26.8. The second-order valence-corrected chi connectivity index (χ2v) is 6.25. The minimum Gasteiger partial charge on any atom is -0.381 e. The van der Waals surface area contributed by atoms with Gasteiger partial charge in [-0.2, -0.15) is 0 Å². The molecule has 0 unspecified atom stereocenters. The van der Waals surface area contributed by atoms with E-state index >= 15 is 0 Å². The first-order valence-electron chi connectivity index (χ1n) is 7.57. The number of aromatic nitrogens is 3. The molecule has 2 aliphatic rings. The van der Waals surface area contributed by atoms with Gasteiger partial charge >= 0.3 is 0 Å². The van der Waals surface area contributed by atoms with Crippen molar-refractivity contribution in [1.29, 1.82) is 0 Å². The zero-order valence-corrected chi connectivity index (χ0v) is 12.2. The molecule has 1 aliphatic heterocycles. The lowest BCUT2D eigenvalue weighted by Crippen LogP contribution is -2.51. The summed E-state index contributed by atoms with van der Waals surface area (Å²) in [5.41, 5.74) is 1.64. The number of rotatable bonds is 3. The van der Waals surface area contributed by atoms with Crippen LogP contribution in [-0.4, -0.2) is 39.7 Å². The first-order valence-corrected chi connectivity index (χ1v) is 7.57. The van der Waals surface area contributed by atoms with Gasteiger partial charge in [-0.15, -0.1) is 0 Å². The van der Waals surface area contributed by atoms with Crippen molar-refractivity contribution in [3.05, 3.63) is 42.7 Å². The third kappa shape index (κ3) is 2.39. The minimum atomic E-state index is -0.110. The van der Waals surface area contributed by atoms with Crippen molar-refractivity contribution in [3.8, 4) is 5.69 Å². The van der Waals surface area contributed by atoms with Crippen LogP contribution in [0, 0.1) is 5.41 Å². The van der Waals surface area contributed by atoms with Crippen LogP contribution < -0.4 is 5.32 Å². The van der Waals surface area contributed by atoms with Gasteiger partial charge in [0, 0.05) is 31.2 Å². The lowest BCUT2D eigenvalue weighted by Gasteiger charge is -2.44. The van der Waals surface area contributed by atoms with E-state index in [9.17, 15) is 4.79 Å². The summed E-state index contributed by atoms with van der Waals surface area (Å²) in [5, 5.41) is 3.07. The molecule has 6 heteroatoms. The number of carbonyl (C=O) groups is 1. The number of amides is 1. The average molecular weight is 298 g/mol. The van der Waals surface area contributed by atoms with E-state index in [0.29, 0.717) is 11.1 Å². The molecule has 0 radical (unpaired) electrons. The highest BCUT2D eigenvalue weighted by atomic mass is 16.5. The fourth-order valence-corrected chi connectivity index (χ4v) is 3.43. The molecule has 4 rings (SSSR count). The number of hydrogen-bond acceptors (Lipinski definition) is 4. The predicted octanol–water partition coefficient (Wildman–Crippen LogP) is 1.57. The molecule has 3 heterocycles. The molecule has 1 spiro atoms. The third-order valence-electron chi connectivity index (χ3n) is 4.66. The van der Waals surface area contributed by atoms with E-state index in [0.717, 1.165) is 38.2 Å². The highest BCUT2D eigenvalue weighted by Gasteiger charge is 2.47. The van der Waals surface area contributed by atoms with Gasteiger partial charge in [-0.25, -0.2) is 4.98 Å². The summed E-state index contributed by atoms with van der Waals surface area (Å²) < 4.78 is 7.32. The Hall–Kier alpha value is -2.21. The SMILES string of the molecule is O=C(NC1CC2(CCOC2)C1)c1cc(-n2ccnc2)ccn1. The van der Waals surface area contributed by atoms with E-state index < -0.39 is 0 Å². The van der Waals surface area contributed by atoms with Gasteiger partial charge in [0.15, 0.2) is 0 Å². The van der Waals surface area contributed by atoms with Gasteiger partial charge in [-0.05, 0) is 36.8 Å². The Labute approximate surface area is 128 Å². The molecule has 22 heavy (non-hydrogen) atoms. The van der Waals surface area contributed by atoms with Crippen LogP contribution in [-0.2, 0) is 4.74 Å². The van der Waals surface area contributed by atoms with Crippen molar-refractivity contribution < 1.29 is 9.53 Å². The number of ether oxygens (including phenoxy) is 1. The summed E-state index contributed by atoms with van der Waals surface area (Å²) in [6.07, 6.45) is 10.0. The summed E-state index contributed by atoms with van der Waals surface area (Å²) in [6, 6.07) is 3.88. The molecule has 1 aliphatic carbocycles. The smallest absolute Gasteiger partial charge is 0.270 e. The lowest BCUT2D eigenvalue weighted by atomic mass is 9.65. The Balaban J connectivity index is 1.42. The molecule has 2 aromatic rings. The van der Waals surface area contributed by atoms with Crippen LogP contribution in [0.1, 0.15) is 29.8 Å². The van der Waals surface area contributed by atoms with Crippen LogP contribution in [0.3, 0.4) is 0 Å². The summed E-state index contributed by atoms with van der Waals surface area (Å²) in [7, 11) is 0. The zero-order chi connectivity index (χ0) is 15.0. The number of imidazole rings is 1. The van der Waals surface area contributed by atoms with Gasteiger partial charge in [-0.3, -0.25) is 9.78 Å². The Kier molecular flexibility index (Phi) is 3.18. The van der Waals surface area contributed by atoms with E-state index in [1.54, 1.807) is 24.8 Å². The lowest BCUT2D eigenvalue weighted by molar-refractivity contribution is 0.0528. The molecule has 0 bridgehead atoms. The van der Waals surface area contributed by atoms with Gasteiger partial charge in [0.05, 0.1) is 18.6 Å². The van der Waals surface area contributed by atoms with E-state index in [1.165, 1.54) is 0 Å². The van der Waals surface area contributed by atoms with E-state index in [4.69, 9.17) is 4.74 Å². The second-order valence-electron chi connectivity index (χ2n) is 6.25. The summed E-state index contributed by atoms with van der Waals surface area (Å²) in [5.74, 6) is -0.110. The zero-order valence-electron chi connectivity index (χ0n) is 12.2. The van der Waals surface area contributed by atoms with Gasteiger partial charge < -0.3 is 14.6 Å². The fourth-order valence-electron chi connectivity index (χ4n) is 3.43. The summed E-state index contributed by atoms with van der Waals surface area (Å²) in [4.78, 5) is 20.5.